The molecule has 0 aliphatic heterocycles. The molecule has 0 radical (unpaired) electrons. The average Bonchev–Trinajstić information content (AvgIpc) is 2.54. The van der Waals surface area contributed by atoms with Crippen LogP contribution in [0.1, 0.15) is 84.0 Å². The zero-order valence-electron chi connectivity index (χ0n) is 14.9. The first kappa shape index (κ1) is 21.4. The highest BCUT2D eigenvalue weighted by Gasteiger charge is 1.91. The number of aliphatic hydroxyl groups is 1. The van der Waals surface area contributed by atoms with Gasteiger partial charge in [-0.2, -0.15) is 0 Å². The molecular weight excluding hydrogens is 270 g/mol. The van der Waals surface area contributed by atoms with Gasteiger partial charge in [0, 0.05) is 6.54 Å². The van der Waals surface area contributed by atoms with Crippen molar-refractivity contribution in [3.63, 3.8) is 0 Å². The zero-order valence-corrected chi connectivity index (χ0v) is 14.9. The van der Waals surface area contributed by atoms with Crippen molar-refractivity contribution in [1.29, 1.82) is 0 Å². The average molecular weight is 310 g/mol. The summed E-state index contributed by atoms with van der Waals surface area (Å²) >= 11 is 0. The molecule has 0 heterocycles. The molecule has 0 saturated carbocycles. The maximum absolute atomic E-state index is 8.63. The molecule has 0 aromatic heterocycles. The molecule has 0 aliphatic rings. The Morgan fingerprint density at radius 2 is 1.27 bits per heavy atom. The molecule has 0 bridgehead atoms. The molecule has 0 aromatic rings. The van der Waals surface area contributed by atoms with E-state index >= 15 is 0 Å². The highest BCUT2D eigenvalue weighted by Crippen LogP contribution is 2.07. The number of rotatable bonds is 17. The van der Waals surface area contributed by atoms with Crippen molar-refractivity contribution in [1.82, 2.24) is 5.32 Å². The molecule has 2 N–H and O–H groups in total. The van der Waals surface area contributed by atoms with Crippen molar-refractivity contribution in [2.45, 2.75) is 84.0 Å². The lowest BCUT2D eigenvalue weighted by Gasteiger charge is -2.02. The highest BCUT2D eigenvalue weighted by atomic mass is 16.3. The van der Waals surface area contributed by atoms with Crippen LogP contribution in [0.3, 0.4) is 0 Å². The summed E-state index contributed by atoms with van der Waals surface area (Å²) in [7, 11) is 0. The Bertz CT molecular complexity index is 248. The smallest absolute Gasteiger partial charge is 0.0555 e. The van der Waals surface area contributed by atoms with Gasteiger partial charge in [0.15, 0.2) is 0 Å². The minimum absolute atomic E-state index is 0.252. The fourth-order valence-corrected chi connectivity index (χ4v) is 2.44. The van der Waals surface area contributed by atoms with Gasteiger partial charge >= 0.3 is 0 Å². The normalized spacial score (nSPS) is 11.9. The van der Waals surface area contributed by atoms with Gasteiger partial charge < -0.3 is 10.4 Å². The summed E-state index contributed by atoms with van der Waals surface area (Å²) in [6.45, 7) is 4.29. The molecule has 0 fully saturated rings. The molecule has 0 unspecified atom stereocenters. The fourth-order valence-electron chi connectivity index (χ4n) is 2.44. The molecule has 0 aliphatic carbocycles. The lowest BCUT2D eigenvalue weighted by Crippen LogP contribution is -2.19. The summed E-state index contributed by atoms with van der Waals surface area (Å²) in [4.78, 5) is 0. The number of nitrogens with one attached hydrogen (secondary N) is 1. The molecule has 0 amide bonds. The van der Waals surface area contributed by atoms with E-state index in [2.05, 4.69) is 36.5 Å². The molecule has 0 spiro atoms. The van der Waals surface area contributed by atoms with Crippen LogP contribution in [0, 0.1) is 0 Å². The third kappa shape index (κ3) is 19.4. The monoisotopic (exact) mass is 309 g/mol. The van der Waals surface area contributed by atoms with Crippen LogP contribution in [0.2, 0.25) is 0 Å². The minimum atomic E-state index is 0.252. The molecule has 0 atom stereocenters. The first-order valence-corrected chi connectivity index (χ1v) is 9.53. The summed E-state index contributed by atoms with van der Waals surface area (Å²) in [5.41, 5.74) is 0. The first-order chi connectivity index (χ1) is 10.9. The van der Waals surface area contributed by atoms with Crippen molar-refractivity contribution in [3.05, 3.63) is 24.3 Å². The van der Waals surface area contributed by atoms with Crippen molar-refractivity contribution in [3.8, 4) is 0 Å². The largest absolute Gasteiger partial charge is 0.395 e. The summed E-state index contributed by atoms with van der Waals surface area (Å²) < 4.78 is 0. The summed E-state index contributed by atoms with van der Waals surface area (Å²) in [5.74, 6) is 0. The predicted molar refractivity (Wildman–Crippen MR) is 99.3 cm³/mol. The molecular formula is C20H39NO. The minimum Gasteiger partial charge on any atom is -0.395 e. The molecule has 2 nitrogen and oxygen atoms in total. The van der Waals surface area contributed by atoms with Crippen LogP contribution in [0.15, 0.2) is 24.3 Å². The van der Waals surface area contributed by atoms with Gasteiger partial charge in [-0.3, -0.25) is 0 Å². The number of allylic oxidation sites excluding steroid dienone is 4. The molecule has 22 heavy (non-hydrogen) atoms. The predicted octanol–water partition coefficient (Wildman–Crippen LogP) is 5.38. The van der Waals surface area contributed by atoms with E-state index in [4.69, 9.17) is 5.11 Å². The van der Waals surface area contributed by atoms with E-state index < -0.39 is 0 Å². The Kier molecular flexibility index (Phi) is 19.8. The molecule has 130 valence electrons. The summed E-state index contributed by atoms with van der Waals surface area (Å²) in [6.07, 6.45) is 24.9. The van der Waals surface area contributed by atoms with E-state index in [1.54, 1.807) is 0 Å². The van der Waals surface area contributed by atoms with Crippen LogP contribution in [0.4, 0.5) is 0 Å². The molecule has 2 heteroatoms. The Hall–Kier alpha value is -0.600. The third-order valence-corrected chi connectivity index (χ3v) is 3.84. The van der Waals surface area contributed by atoms with Crippen LogP contribution in [-0.4, -0.2) is 24.8 Å². The SMILES string of the molecule is CCCCC/C=C\C/C=C\CCCCCCCCNCCO. The van der Waals surface area contributed by atoms with Gasteiger partial charge in [-0.15, -0.1) is 0 Å². The summed E-state index contributed by atoms with van der Waals surface area (Å²) in [6, 6.07) is 0. The lowest BCUT2D eigenvalue weighted by molar-refractivity contribution is 0.292. The van der Waals surface area contributed by atoms with Gasteiger partial charge in [-0.1, -0.05) is 69.8 Å². The van der Waals surface area contributed by atoms with E-state index in [1.807, 2.05) is 0 Å². The van der Waals surface area contributed by atoms with Crippen LogP contribution < -0.4 is 5.32 Å². The van der Waals surface area contributed by atoms with Gasteiger partial charge in [0.2, 0.25) is 0 Å². The highest BCUT2D eigenvalue weighted by molar-refractivity contribution is 4.92. The van der Waals surface area contributed by atoms with E-state index in [0.717, 1.165) is 19.5 Å². The van der Waals surface area contributed by atoms with Crippen molar-refractivity contribution in [2.75, 3.05) is 19.7 Å². The van der Waals surface area contributed by atoms with E-state index in [-0.39, 0.29) is 6.61 Å². The van der Waals surface area contributed by atoms with Gasteiger partial charge in [0.1, 0.15) is 0 Å². The number of hydrogen-bond donors (Lipinski definition) is 2. The van der Waals surface area contributed by atoms with E-state index in [0.29, 0.717) is 0 Å². The summed E-state index contributed by atoms with van der Waals surface area (Å²) in [5, 5.41) is 11.8. The maximum atomic E-state index is 8.63. The molecule has 0 rings (SSSR count). The van der Waals surface area contributed by atoms with Gasteiger partial charge in [-0.25, -0.2) is 0 Å². The second-order valence-electron chi connectivity index (χ2n) is 6.06. The van der Waals surface area contributed by atoms with Crippen molar-refractivity contribution >= 4 is 0 Å². The van der Waals surface area contributed by atoms with Gasteiger partial charge in [-0.05, 0) is 45.1 Å². The Labute approximate surface area is 139 Å². The maximum Gasteiger partial charge on any atom is 0.0555 e. The molecule has 0 aromatic carbocycles. The van der Waals surface area contributed by atoms with E-state index in [9.17, 15) is 0 Å². The Balaban J connectivity index is 3.11. The lowest BCUT2D eigenvalue weighted by atomic mass is 10.1. The number of aliphatic hydroxyl groups excluding tert-OH is 1. The van der Waals surface area contributed by atoms with Crippen molar-refractivity contribution < 1.29 is 5.11 Å². The van der Waals surface area contributed by atoms with Crippen molar-refractivity contribution in [2.24, 2.45) is 0 Å². The second kappa shape index (κ2) is 20.4. The fraction of sp³-hybridized carbons (Fsp3) is 0.800. The Morgan fingerprint density at radius 1 is 0.682 bits per heavy atom. The van der Waals surface area contributed by atoms with Crippen LogP contribution >= 0.6 is 0 Å². The third-order valence-electron chi connectivity index (χ3n) is 3.84. The van der Waals surface area contributed by atoms with Crippen LogP contribution in [-0.2, 0) is 0 Å². The first-order valence-electron chi connectivity index (χ1n) is 9.53. The van der Waals surface area contributed by atoms with E-state index in [1.165, 1.54) is 70.6 Å². The number of unbranched alkanes of at least 4 members (excludes halogenated alkanes) is 9. The van der Waals surface area contributed by atoms with Crippen LogP contribution in [0.5, 0.6) is 0 Å². The van der Waals surface area contributed by atoms with Gasteiger partial charge in [0.05, 0.1) is 6.61 Å². The topological polar surface area (TPSA) is 32.3 Å². The van der Waals surface area contributed by atoms with Gasteiger partial charge in [0.25, 0.3) is 0 Å². The molecule has 0 saturated heterocycles. The second-order valence-corrected chi connectivity index (χ2v) is 6.06. The quantitative estimate of drug-likeness (QED) is 0.279. The zero-order chi connectivity index (χ0) is 16.1. The van der Waals surface area contributed by atoms with Crippen LogP contribution in [0.25, 0.3) is 0 Å². The standard InChI is InChI=1S/C20H39NO/c1-2-3-4-5-6-7-8-9-10-11-12-13-14-15-16-17-18-21-19-20-22/h6-7,9-10,21-22H,2-5,8,11-20H2,1H3/b7-6-,10-9-. The number of hydrogen-bond acceptors (Lipinski definition) is 2. The Morgan fingerprint density at radius 3 is 1.91 bits per heavy atom.